The first-order valence-electron chi connectivity index (χ1n) is 10.6. The second kappa shape index (κ2) is 11.2. The number of benzene rings is 2. The molecule has 1 saturated heterocycles. The van der Waals surface area contributed by atoms with E-state index in [1.54, 1.807) is 35.7 Å². The van der Waals surface area contributed by atoms with E-state index in [1.807, 2.05) is 24.3 Å². The number of amides is 1. The molecule has 0 atom stereocenters. The number of para-hydroxylation sites is 2. The topological polar surface area (TPSA) is 84.9 Å². The second-order valence-corrected chi connectivity index (χ2v) is 9.44. The number of sulfonamides is 1. The van der Waals surface area contributed by atoms with Crippen LogP contribution in [0.1, 0.15) is 31.2 Å². The van der Waals surface area contributed by atoms with Crippen LogP contribution in [0.4, 0.5) is 0 Å². The van der Waals surface area contributed by atoms with Gasteiger partial charge >= 0.3 is 0 Å². The maximum absolute atomic E-state index is 12.8. The van der Waals surface area contributed by atoms with Gasteiger partial charge in [-0.15, -0.1) is 0 Å². The Bertz CT molecular complexity index is 952. The maximum atomic E-state index is 12.8. The highest BCUT2D eigenvalue weighted by Crippen LogP contribution is 2.25. The number of hydrogen-bond donors (Lipinski definition) is 1. The Labute approximate surface area is 184 Å². The fraction of sp³-hybridized carbons (Fsp3) is 0.435. The third-order valence-electron chi connectivity index (χ3n) is 5.29. The third-order valence-corrected chi connectivity index (χ3v) is 7.20. The van der Waals surface area contributed by atoms with Crippen LogP contribution in [-0.2, 0) is 21.2 Å². The molecular formula is C23H30N2O5S. The molecule has 7 nitrogen and oxygen atoms in total. The Morgan fingerprint density at radius 3 is 2.26 bits per heavy atom. The summed E-state index contributed by atoms with van der Waals surface area (Å²) >= 11 is 0. The molecule has 1 amide bonds. The van der Waals surface area contributed by atoms with Crippen LogP contribution in [0.15, 0.2) is 53.4 Å². The van der Waals surface area contributed by atoms with Crippen LogP contribution >= 0.6 is 0 Å². The maximum Gasteiger partial charge on any atom is 0.257 e. The van der Waals surface area contributed by atoms with Crippen molar-refractivity contribution in [3.63, 3.8) is 0 Å². The molecule has 0 saturated carbocycles. The van der Waals surface area contributed by atoms with Crippen molar-refractivity contribution in [1.29, 1.82) is 0 Å². The van der Waals surface area contributed by atoms with Crippen LogP contribution in [0.25, 0.3) is 0 Å². The molecule has 0 aliphatic carbocycles. The summed E-state index contributed by atoms with van der Waals surface area (Å²) < 4.78 is 38.0. The van der Waals surface area contributed by atoms with Crippen molar-refractivity contribution in [1.82, 2.24) is 9.62 Å². The number of nitrogens with one attached hydrogen (secondary N) is 1. The quantitative estimate of drug-likeness (QED) is 0.640. The standard InChI is InChI=1S/C23H30N2O5S/c1-29-21-8-4-5-9-22(21)30-18-23(26)24-15-14-19-10-12-20(13-11-19)31(27,28)25-16-6-2-3-7-17-25/h4-5,8-13H,2-3,6-7,14-18H2,1H3,(H,24,26). The summed E-state index contributed by atoms with van der Waals surface area (Å²) in [5.74, 6) is 0.859. The lowest BCUT2D eigenvalue weighted by molar-refractivity contribution is -0.123. The van der Waals surface area contributed by atoms with Crippen LogP contribution in [-0.4, -0.2) is 52.0 Å². The Balaban J connectivity index is 1.46. The van der Waals surface area contributed by atoms with Gasteiger partial charge in [-0.3, -0.25) is 4.79 Å². The molecule has 0 aromatic heterocycles. The molecule has 1 aliphatic heterocycles. The zero-order valence-electron chi connectivity index (χ0n) is 17.9. The van der Waals surface area contributed by atoms with Gasteiger partial charge < -0.3 is 14.8 Å². The van der Waals surface area contributed by atoms with Crippen LogP contribution in [0.5, 0.6) is 11.5 Å². The Kier molecular flexibility index (Phi) is 8.31. The number of ether oxygens (including phenoxy) is 2. The highest BCUT2D eigenvalue weighted by molar-refractivity contribution is 7.89. The molecular weight excluding hydrogens is 416 g/mol. The number of carbonyl (C=O) groups excluding carboxylic acids is 1. The number of nitrogens with zero attached hydrogens (tertiary/aromatic N) is 1. The minimum Gasteiger partial charge on any atom is -0.493 e. The number of carbonyl (C=O) groups is 1. The molecule has 1 aliphatic rings. The molecule has 1 N–H and O–H groups in total. The van der Waals surface area contributed by atoms with Crippen molar-refractivity contribution in [3.8, 4) is 11.5 Å². The van der Waals surface area contributed by atoms with Gasteiger partial charge in [0.05, 0.1) is 12.0 Å². The molecule has 2 aromatic rings. The normalized spacial score (nSPS) is 15.1. The van der Waals surface area contributed by atoms with E-state index in [4.69, 9.17) is 9.47 Å². The number of hydrogen-bond acceptors (Lipinski definition) is 5. The van der Waals surface area contributed by atoms with Gasteiger partial charge in [-0.25, -0.2) is 8.42 Å². The monoisotopic (exact) mass is 446 g/mol. The van der Waals surface area contributed by atoms with Gasteiger partial charge in [0.15, 0.2) is 18.1 Å². The van der Waals surface area contributed by atoms with Crippen molar-refractivity contribution in [2.75, 3.05) is 33.4 Å². The highest BCUT2D eigenvalue weighted by atomic mass is 32.2. The van der Waals surface area contributed by atoms with Gasteiger partial charge in [0.2, 0.25) is 10.0 Å². The van der Waals surface area contributed by atoms with E-state index < -0.39 is 10.0 Å². The largest absolute Gasteiger partial charge is 0.493 e. The molecule has 0 spiro atoms. The number of methoxy groups -OCH3 is 1. The first-order chi connectivity index (χ1) is 15.0. The lowest BCUT2D eigenvalue weighted by atomic mass is 10.1. The SMILES string of the molecule is COc1ccccc1OCC(=O)NCCc1ccc(S(=O)(=O)N2CCCCCC2)cc1. The van der Waals surface area contributed by atoms with Gasteiger partial charge in [-0.1, -0.05) is 37.1 Å². The van der Waals surface area contributed by atoms with E-state index in [9.17, 15) is 13.2 Å². The zero-order valence-corrected chi connectivity index (χ0v) is 18.7. The Hall–Kier alpha value is -2.58. The zero-order chi connectivity index (χ0) is 22.1. The molecule has 2 aromatic carbocycles. The third kappa shape index (κ3) is 6.45. The van der Waals surface area contributed by atoms with Crippen molar-refractivity contribution < 1.29 is 22.7 Å². The summed E-state index contributed by atoms with van der Waals surface area (Å²) in [5.41, 5.74) is 0.959. The van der Waals surface area contributed by atoms with E-state index in [0.29, 0.717) is 42.4 Å². The summed E-state index contributed by atoms with van der Waals surface area (Å²) in [4.78, 5) is 12.4. The summed E-state index contributed by atoms with van der Waals surface area (Å²) in [5, 5.41) is 2.81. The molecule has 3 rings (SSSR count). The molecule has 8 heteroatoms. The average Bonchev–Trinajstić information content (AvgIpc) is 3.08. The van der Waals surface area contributed by atoms with Crippen molar-refractivity contribution >= 4 is 15.9 Å². The van der Waals surface area contributed by atoms with Gasteiger partial charge in [0, 0.05) is 19.6 Å². The summed E-state index contributed by atoms with van der Waals surface area (Å²) in [7, 11) is -1.89. The average molecular weight is 447 g/mol. The first kappa shape index (κ1) is 23.1. The molecule has 168 valence electrons. The molecule has 31 heavy (non-hydrogen) atoms. The van der Waals surface area contributed by atoms with Gasteiger partial charge in [0.25, 0.3) is 5.91 Å². The van der Waals surface area contributed by atoms with Crippen molar-refractivity contribution in [2.45, 2.75) is 37.0 Å². The van der Waals surface area contributed by atoms with Gasteiger partial charge in [-0.2, -0.15) is 4.31 Å². The van der Waals surface area contributed by atoms with Crippen LogP contribution in [0.2, 0.25) is 0 Å². The highest BCUT2D eigenvalue weighted by Gasteiger charge is 2.24. The van der Waals surface area contributed by atoms with E-state index >= 15 is 0 Å². The summed E-state index contributed by atoms with van der Waals surface area (Å²) in [6.07, 6.45) is 4.60. The first-order valence-corrected chi connectivity index (χ1v) is 12.1. The van der Waals surface area contributed by atoms with E-state index in [0.717, 1.165) is 31.2 Å². The lowest BCUT2D eigenvalue weighted by Crippen LogP contribution is -2.32. The van der Waals surface area contributed by atoms with Crippen molar-refractivity contribution in [3.05, 3.63) is 54.1 Å². The summed E-state index contributed by atoms with van der Waals surface area (Å²) in [6, 6.07) is 14.1. The van der Waals surface area contributed by atoms with E-state index in [-0.39, 0.29) is 12.5 Å². The number of rotatable bonds is 9. The second-order valence-electron chi connectivity index (χ2n) is 7.50. The minimum absolute atomic E-state index is 0.104. The van der Waals surface area contributed by atoms with Crippen molar-refractivity contribution in [2.24, 2.45) is 0 Å². The van der Waals surface area contributed by atoms with Gasteiger partial charge in [-0.05, 0) is 49.1 Å². The van der Waals surface area contributed by atoms with Gasteiger partial charge in [0.1, 0.15) is 0 Å². The van der Waals surface area contributed by atoms with Crippen LogP contribution in [0.3, 0.4) is 0 Å². The molecule has 0 bridgehead atoms. The summed E-state index contributed by atoms with van der Waals surface area (Å²) in [6.45, 7) is 1.51. The Morgan fingerprint density at radius 2 is 1.61 bits per heavy atom. The van der Waals surface area contributed by atoms with E-state index in [2.05, 4.69) is 5.32 Å². The predicted molar refractivity (Wildman–Crippen MR) is 119 cm³/mol. The minimum atomic E-state index is -3.44. The molecule has 1 heterocycles. The lowest BCUT2D eigenvalue weighted by Gasteiger charge is -2.20. The molecule has 1 fully saturated rings. The van der Waals surface area contributed by atoms with Crippen LogP contribution in [0, 0.1) is 0 Å². The van der Waals surface area contributed by atoms with E-state index in [1.165, 1.54) is 0 Å². The molecule has 0 radical (unpaired) electrons. The Morgan fingerprint density at radius 1 is 0.968 bits per heavy atom. The predicted octanol–water partition coefficient (Wildman–Crippen LogP) is 3.00. The fourth-order valence-electron chi connectivity index (χ4n) is 3.54. The molecule has 0 unspecified atom stereocenters. The van der Waals surface area contributed by atoms with Crippen LogP contribution < -0.4 is 14.8 Å². The smallest absolute Gasteiger partial charge is 0.257 e. The fourth-order valence-corrected chi connectivity index (χ4v) is 5.05.